The molecular weight excluding hydrogens is 571 g/mol. The number of aromatic nitrogens is 1. The molecule has 0 fully saturated rings. The summed E-state index contributed by atoms with van der Waals surface area (Å²) in [5.41, 5.74) is 2.80. The van der Waals surface area contributed by atoms with E-state index in [-0.39, 0.29) is 24.6 Å². The SMILES string of the molecule is CCOC(=O)C1=C(C)N=c2sc(=Cc3ccc(OCc4ccc(F)cc4)c(OCC)c3)c(=O)n2C1c1ccc(OC)cc1. The van der Waals surface area contributed by atoms with Gasteiger partial charge in [-0.2, -0.15) is 0 Å². The number of carbonyl (C=O) groups is 1. The molecule has 0 radical (unpaired) electrons. The minimum absolute atomic E-state index is 0.196. The van der Waals surface area contributed by atoms with Crippen LogP contribution >= 0.6 is 11.3 Å². The minimum atomic E-state index is -0.718. The normalized spacial score (nSPS) is 14.6. The van der Waals surface area contributed by atoms with Crippen molar-refractivity contribution in [2.45, 2.75) is 33.4 Å². The van der Waals surface area contributed by atoms with E-state index >= 15 is 0 Å². The molecule has 0 saturated carbocycles. The Balaban J connectivity index is 1.54. The first kappa shape index (κ1) is 29.8. The lowest BCUT2D eigenvalue weighted by atomic mass is 9.96. The van der Waals surface area contributed by atoms with E-state index in [0.29, 0.717) is 44.5 Å². The number of allylic oxidation sites excluding steroid dienone is 1. The number of benzene rings is 3. The van der Waals surface area contributed by atoms with Crippen LogP contribution in [-0.4, -0.2) is 30.9 Å². The summed E-state index contributed by atoms with van der Waals surface area (Å²) in [6.07, 6.45) is 1.77. The van der Waals surface area contributed by atoms with Gasteiger partial charge in [0.15, 0.2) is 16.3 Å². The monoisotopic (exact) mass is 602 g/mol. The summed E-state index contributed by atoms with van der Waals surface area (Å²) >= 11 is 1.24. The zero-order chi connectivity index (χ0) is 30.5. The molecule has 1 aliphatic heterocycles. The Hall–Kier alpha value is -4.70. The van der Waals surface area contributed by atoms with Crippen LogP contribution in [0.15, 0.2) is 87.8 Å². The van der Waals surface area contributed by atoms with Gasteiger partial charge in [-0.3, -0.25) is 9.36 Å². The van der Waals surface area contributed by atoms with Gasteiger partial charge in [0.05, 0.1) is 42.2 Å². The summed E-state index contributed by atoms with van der Waals surface area (Å²) in [5.74, 6) is 0.874. The molecule has 1 atom stereocenters. The molecule has 5 rings (SSSR count). The third-order valence-corrected chi connectivity index (χ3v) is 7.80. The van der Waals surface area contributed by atoms with E-state index in [2.05, 4.69) is 4.99 Å². The maximum Gasteiger partial charge on any atom is 0.338 e. The van der Waals surface area contributed by atoms with Crippen LogP contribution in [-0.2, 0) is 16.1 Å². The first-order chi connectivity index (χ1) is 20.8. The van der Waals surface area contributed by atoms with E-state index in [4.69, 9.17) is 18.9 Å². The number of hydrogen-bond donors (Lipinski definition) is 0. The van der Waals surface area contributed by atoms with Gasteiger partial charge >= 0.3 is 5.97 Å². The highest BCUT2D eigenvalue weighted by atomic mass is 32.1. The van der Waals surface area contributed by atoms with Crippen LogP contribution in [0.25, 0.3) is 6.08 Å². The van der Waals surface area contributed by atoms with Crippen molar-refractivity contribution in [2.75, 3.05) is 20.3 Å². The molecule has 8 nitrogen and oxygen atoms in total. The second-order valence-corrected chi connectivity index (χ2v) is 10.6. The van der Waals surface area contributed by atoms with Crippen LogP contribution in [0.2, 0.25) is 0 Å². The zero-order valence-corrected chi connectivity index (χ0v) is 25.1. The van der Waals surface area contributed by atoms with E-state index in [9.17, 15) is 14.0 Å². The Morgan fingerprint density at radius 1 is 1.00 bits per heavy atom. The van der Waals surface area contributed by atoms with Gasteiger partial charge in [-0.05, 0) is 79.9 Å². The summed E-state index contributed by atoms with van der Waals surface area (Å²) in [6.45, 7) is 6.21. The Labute approximate surface area is 252 Å². The number of hydrogen-bond acceptors (Lipinski definition) is 8. The summed E-state index contributed by atoms with van der Waals surface area (Å²) < 4.78 is 37.7. The number of halogens is 1. The summed E-state index contributed by atoms with van der Waals surface area (Å²) in [6, 6.07) is 18.0. The van der Waals surface area contributed by atoms with Crippen molar-refractivity contribution in [3.05, 3.63) is 120 Å². The van der Waals surface area contributed by atoms with Crippen molar-refractivity contribution in [3.8, 4) is 17.2 Å². The Bertz CT molecular complexity index is 1840. The third-order valence-electron chi connectivity index (χ3n) is 6.82. The fourth-order valence-corrected chi connectivity index (χ4v) is 5.83. The molecule has 0 bridgehead atoms. The van der Waals surface area contributed by atoms with Crippen LogP contribution < -0.4 is 29.1 Å². The smallest absolute Gasteiger partial charge is 0.338 e. The topological polar surface area (TPSA) is 88.4 Å². The van der Waals surface area contributed by atoms with E-state index in [1.165, 1.54) is 23.5 Å². The lowest BCUT2D eigenvalue weighted by molar-refractivity contribution is -0.139. The number of rotatable bonds is 10. The van der Waals surface area contributed by atoms with Gasteiger partial charge in [0.2, 0.25) is 0 Å². The van der Waals surface area contributed by atoms with Gasteiger partial charge in [-0.15, -0.1) is 0 Å². The number of methoxy groups -OCH3 is 1. The molecule has 0 N–H and O–H groups in total. The highest BCUT2D eigenvalue weighted by Gasteiger charge is 2.33. The van der Waals surface area contributed by atoms with Crippen LogP contribution in [0, 0.1) is 5.82 Å². The lowest BCUT2D eigenvalue weighted by Crippen LogP contribution is -2.39. The Morgan fingerprint density at radius 2 is 1.74 bits per heavy atom. The Morgan fingerprint density at radius 3 is 2.42 bits per heavy atom. The average molecular weight is 603 g/mol. The number of carbonyl (C=O) groups excluding carboxylic acids is 1. The van der Waals surface area contributed by atoms with Gasteiger partial charge in [-0.25, -0.2) is 14.2 Å². The molecule has 2 heterocycles. The average Bonchev–Trinajstić information content (AvgIpc) is 3.31. The van der Waals surface area contributed by atoms with Crippen molar-refractivity contribution in [3.63, 3.8) is 0 Å². The molecular formula is C33H31FN2O6S. The lowest BCUT2D eigenvalue weighted by Gasteiger charge is -2.24. The first-order valence-corrected chi connectivity index (χ1v) is 14.6. The second-order valence-electron chi connectivity index (χ2n) is 9.63. The first-order valence-electron chi connectivity index (χ1n) is 13.8. The van der Waals surface area contributed by atoms with Gasteiger partial charge in [0, 0.05) is 0 Å². The molecule has 0 aliphatic carbocycles. The minimum Gasteiger partial charge on any atom is -0.497 e. The molecule has 222 valence electrons. The quantitative estimate of drug-likeness (QED) is 0.240. The molecule has 0 spiro atoms. The van der Waals surface area contributed by atoms with Gasteiger partial charge in [0.1, 0.15) is 18.2 Å². The second kappa shape index (κ2) is 13.1. The van der Waals surface area contributed by atoms with E-state index in [1.807, 2.05) is 25.1 Å². The van der Waals surface area contributed by atoms with Gasteiger partial charge < -0.3 is 18.9 Å². The summed E-state index contributed by atoms with van der Waals surface area (Å²) in [7, 11) is 1.58. The van der Waals surface area contributed by atoms with Crippen molar-refractivity contribution < 1.29 is 28.1 Å². The number of esters is 1. The van der Waals surface area contributed by atoms with Gasteiger partial charge in [-0.1, -0.05) is 41.7 Å². The van der Waals surface area contributed by atoms with Crippen LogP contribution in [0.5, 0.6) is 17.2 Å². The molecule has 0 saturated heterocycles. The van der Waals surface area contributed by atoms with E-state index in [1.54, 1.807) is 68.0 Å². The zero-order valence-electron chi connectivity index (χ0n) is 24.3. The van der Waals surface area contributed by atoms with Gasteiger partial charge in [0.25, 0.3) is 5.56 Å². The molecule has 1 aliphatic rings. The highest BCUT2D eigenvalue weighted by Crippen LogP contribution is 2.32. The fourth-order valence-electron chi connectivity index (χ4n) is 4.79. The predicted molar refractivity (Wildman–Crippen MR) is 162 cm³/mol. The van der Waals surface area contributed by atoms with Crippen molar-refractivity contribution >= 4 is 23.4 Å². The summed E-state index contributed by atoms with van der Waals surface area (Å²) in [5, 5.41) is 0. The van der Waals surface area contributed by atoms with Crippen molar-refractivity contribution in [1.29, 1.82) is 0 Å². The van der Waals surface area contributed by atoms with Crippen LogP contribution in [0.1, 0.15) is 43.5 Å². The van der Waals surface area contributed by atoms with E-state index < -0.39 is 12.0 Å². The largest absolute Gasteiger partial charge is 0.497 e. The van der Waals surface area contributed by atoms with E-state index in [0.717, 1.165) is 16.7 Å². The number of fused-ring (bicyclic) bond motifs is 1. The van der Waals surface area contributed by atoms with Crippen molar-refractivity contribution in [2.24, 2.45) is 4.99 Å². The molecule has 10 heteroatoms. The molecule has 0 amide bonds. The molecule has 4 aromatic rings. The number of thiazole rings is 1. The molecule has 1 unspecified atom stereocenters. The number of nitrogens with zero attached hydrogens (tertiary/aromatic N) is 2. The molecule has 43 heavy (non-hydrogen) atoms. The van der Waals surface area contributed by atoms with Crippen LogP contribution in [0.3, 0.4) is 0 Å². The third kappa shape index (κ3) is 6.39. The molecule has 3 aromatic carbocycles. The number of ether oxygens (including phenoxy) is 4. The molecule has 1 aromatic heterocycles. The highest BCUT2D eigenvalue weighted by molar-refractivity contribution is 7.07. The van der Waals surface area contributed by atoms with Crippen molar-refractivity contribution in [1.82, 2.24) is 4.57 Å². The Kier molecular flexibility index (Phi) is 9.06. The standard InChI is InChI=1S/C33H31FN2O6S/c1-5-40-27-17-22(9-16-26(27)42-19-21-7-12-24(34)13-8-21)18-28-31(37)36-30(23-10-14-25(39-4)15-11-23)29(32(38)41-6-2)20(3)35-33(36)43-28/h7-18,30H,5-6,19H2,1-4H3. The predicted octanol–water partition coefficient (Wildman–Crippen LogP) is 4.92. The van der Waals surface area contributed by atoms with Crippen LogP contribution in [0.4, 0.5) is 4.39 Å². The maximum absolute atomic E-state index is 13.9. The maximum atomic E-state index is 13.9. The summed E-state index contributed by atoms with van der Waals surface area (Å²) in [4.78, 5) is 32.1. The fraction of sp³-hybridized carbons (Fsp3) is 0.242.